The van der Waals surface area contributed by atoms with Crippen LogP contribution in [0, 0.1) is 5.41 Å². The normalized spacial score (nSPS) is 23.3. The second-order valence-corrected chi connectivity index (χ2v) is 6.42. The monoisotopic (exact) mass is 309 g/mol. The summed E-state index contributed by atoms with van der Waals surface area (Å²) < 4.78 is 1.12. The number of nitrogens with one attached hydrogen (secondary N) is 1. The SMILES string of the molecule is Brc1cnccc1N1CCC2(CCNCC2)CC1. The van der Waals surface area contributed by atoms with Crippen LogP contribution in [0.25, 0.3) is 0 Å². The molecule has 0 saturated carbocycles. The highest BCUT2D eigenvalue weighted by Crippen LogP contribution is 2.41. The number of nitrogens with zero attached hydrogens (tertiary/aromatic N) is 2. The molecular weight excluding hydrogens is 290 g/mol. The third-order valence-corrected chi connectivity index (χ3v) is 5.19. The minimum absolute atomic E-state index is 0.626. The van der Waals surface area contributed by atoms with Crippen LogP contribution >= 0.6 is 15.9 Å². The fourth-order valence-electron chi connectivity index (χ4n) is 3.30. The predicted octanol–water partition coefficient (Wildman–Crippen LogP) is 2.81. The molecule has 1 spiro atoms. The summed E-state index contributed by atoms with van der Waals surface area (Å²) in [5.74, 6) is 0. The van der Waals surface area contributed by atoms with E-state index in [0.29, 0.717) is 5.41 Å². The van der Waals surface area contributed by atoms with Gasteiger partial charge in [-0.25, -0.2) is 0 Å². The fourth-order valence-corrected chi connectivity index (χ4v) is 3.80. The number of rotatable bonds is 1. The lowest BCUT2D eigenvalue weighted by Crippen LogP contribution is -2.45. The number of aromatic nitrogens is 1. The van der Waals surface area contributed by atoms with Gasteiger partial charge in [-0.3, -0.25) is 4.98 Å². The summed E-state index contributed by atoms with van der Waals surface area (Å²) in [6, 6.07) is 2.12. The topological polar surface area (TPSA) is 28.2 Å². The largest absolute Gasteiger partial charge is 0.370 e. The van der Waals surface area contributed by atoms with Crippen molar-refractivity contribution in [2.45, 2.75) is 25.7 Å². The van der Waals surface area contributed by atoms with Crippen LogP contribution in [-0.2, 0) is 0 Å². The first-order valence-corrected chi connectivity index (χ1v) is 7.64. The van der Waals surface area contributed by atoms with Gasteiger partial charge in [-0.2, -0.15) is 0 Å². The van der Waals surface area contributed by atoms with E-state index in [2.05, 4.69) is 37.2 Å². The maximum Gasteiger partial charge on any atom is 0.0592 e. The van der Waals surface area contributed by atoms with Crippen molar-refractivity contribution in [2.75, 3.05) is 31.1 Å². The minimum Gasteiger partial charge on any atom is -0.370 e. The predicted molar refractivity (Wildman–Crippen MR) is 77.9 cm³/mol. The number of halogens is 1. The van der Waals surface area contributed by atoms with E-state index in [4.69, 9.17) is 0 Å². The van der Waals surface area contributed by atoms with Crippen LogP contribution < -0.4 is 10.2 Å². The standard InChI is InChI=1S/C14H20BrN3/c15-12-11-17-6-1-13(12)18-9-4-14(5-10-18)2-7-16-8-3-14/h1,6,11,16H,2-5,7-10H2. The molecule has 1 N–H and O–H groups in total. The molecule has 2 saturated heterocycles. The first-order valence-electron chi connectivity index (χ1n) is 6.84. The molecule has 0 radical (unpaired) electrons. The molecule has 98 valence electrons. The number of piperidine rings is 2. The summed E-state index contributed by atoms with van der Waals surface area (Å²) in [7, 11) is 0. The first kappa shape index (κ1) is 12.4. The summed E-state index contributed by atoms with van der Waals surface area (Å²) in [6.45, 7) is 4.78. The van der Waals surface area contributed by atoms with E-state index in [-0.39, 0.29) is 0 Å². The Labute approximate surface area is 117 Å². The highest BCUT2D eigenvalue weighted by atomic mass is 79.9. The molecular formula is C14H20BrN3. The molecule has 3 rings (SSSR count). The van der Waals surface area contributed by atoms with Crippen molar-refractivity contribution in [2.24, 2.45) is 5.41 Å². The van der Waals surface area contributed by atoms with Crippen LogP contribution in [0.15, 0.2) is 22.9 Å². The minimum atomic E-state index is 0.626. The van der Waals surface area contributed by atoms with Crippen LogP contribution in [0.4, 0.5) is 5.69 Å². The number of anilines is 1. The average molecular weight is 310 g/mol. The Morgan fingerprint density at radius 1 is 1.17 bits per heavy atom. The summed E-state index contributed by atoms with van der Waals surface area (Å²) in [4.78, 5) is 6.64. The van der Waals surface area contributed by atoms with Crippen molar-refractivity contribution < 1.29 is 0 Å². The van der Waals surface area contributed by atoms with E-state index in [1.807, 2.05) is 12.4 Å². The van der Waals surface area contributed by atoms with Gasteiger partial charge >= 0.3 is 0 Å². The molecule has 0 aromatic carbocycles. The summed E-state index contributed by atoms with van der Waals surface area (Å²) in [5.41, 5.74) is 1.93. The molecule has 18 heavy (non-hydrogen) atoms. The summed E-state index contributed by atoms with van der Waals surface area (Å²) in [6.07, 6.45) is 9.17. The van der Waals surface area contributed by atoms with Gasteiger partial charge < -0.3 is 10.2 Å². The zero-order valence-electron chi connectivity index (χ0n) is 10.7. The van der Waals surface area contributed by atoms with Crippen molar-refractivity contribution in [1.82, 2.24) is 10.3 Å². The van der Waals surface area contributed by atoms with Gasteiger partial charge in [-0.05, 0) is 66.2 Å². The Morgan fingerprint density at radius 3 is 2.56 bits per heavy atom. The van der Waals surface area contributed by atoms with E-state index in [1.165, 1.54) is 57.5 Å². The number of pyridine rings is 1. The molecule has 2 aliphatic heterocycles. The zero-order valence-corrected chi connectivity index (χ0v) is 12.2. The molecule has 3 heterocycles. The van der Waals surface area contributed by atoms with Gasteiger partial charge in [0.2, 0.25) is 0 Å². The maximum absolute atomic E-state index is 4.14. The van der Waals surface area contributed by atoms with Crippen LogP contribution in [-0.4, -0.2) is 31.2 Å². The molecule has 3 nitrogen and oxygen atoms in total. The summed E-state index contributed by atoms with van der Waals surface area (Å²) in [5, 5.41) is 3.48. The smallest absolute Gasteiger partial charge is 0.0592 e. The van der Waals surface area contributed by atoms with Crippen molar-refractivity contribution in [3.8, 4) is 0 Å². The van der Waals surface area contributed by atoms with Gasteiger partial charge in [0.25, 0.3) is 0 Å². The van der Waals surface area contributed by atoms with Crippen molar-refractivity contribution in [1.29, 1.82) is 0 Å². The highest BCUT2D eigenvalue weighted by Gasteiger charge is 2.35. The van der Waals surface area contributed by atoms with Crippen molar-refractivity contribution in [3.05, 3.63) is 22.9 Å². The number of hydrogen-bond acceptors (Lipinski definition) is 3. The van der Waals surface area contributed by atoms with Crippen LogP contribution in [0.3, 0.4) is 0 Å². The molecule has 4 heteroatoms. The fraction of sp³-hybridized carbons (Fsp3) is 0.643. The lowest BCUT2D eigenvalue weighted by Gasteiger charge is -2.45. The molecule has 0 atom stereocenters. The third-order valence-electron chi connectivity index (χ3n) is 4.58. The van der Waals surface area contributed by atoms with E-state index >= 15 is 0 Å². The summed E-state index contributed by atoms with van der Waals surface area (Å²) >= 11 is 3.61. The lowest BCUT2D eigenvalue weighted by atomic mass is 9.71. The second kappa shape index (κ2) is 5.17. The van der Waals surface area contributed by atoms with E-state index in [1.54, 1.807) is 0 Å². The van der Waals surface area contributed by atoms with E-state index < -0.39 is 0 Å². The van der Waals surface area contributed by atoms with Gasteiger partial charge in [0, 0.05) is 25.5 Å². The van der Waals surface area contributed by atoms with Crippen molar-refractivity contribution >= 4 is 21.6 Å². The molecule has 2 fully saturated rings. The zero-order chi connectivity index (χ0) is 12.4. The second-order valence-electron chi connectivity index (χ2n) is 5.56. The Bertz CT molecular complexity index is 405. The van der Waals surface area contributed by atoms with E-state index in [0.717, 1.165) is 4.47 Å². The van der Waals surface area contributed by atoms with Gasteiger partial charge in [0.15, 0.2) is 0 Å². The number of hydrogen-bond donors (Lipinski definition) is 1. The molecule has 0 unspecified atom stereocenters. The van der Waals surface area contributed by atoms with Crippen molar-refractivity contribution in [3.63, 3.8) is 0 Å². The Morgan fingerprint density at radius 2 is 1.89 bits per heavy atom. The van der Waals surface area contributed by atoms with Gasteiger partial charge in [-0.1, -0.05) is 0 Å². The molecule has 2 aliphatic rings. The quantitative estimate of drug-likeness (QED) is 0.864. The molecule has 0 bridgehead atoms. The van der Waals surface area contributed by atoms with E-state index in [9.17, 15) is 0 Å². The van der Waals surface area contributed by atoms with Crippen LogP contribution in [0.1, 0.15) is 25.7 Å². The molecule has 0 amide bonds. The van der Waals surface area contributed by atoms with Crippen LogP contribution in [0.2, 0.25) is 0 Å². The van der Waals surface area contributed by atoms with Gasteiger partial charge in [0.05, 0.1) is 10.2 Å². The highest BCUT2D eigenvalue weighted by molar-refractivity contribution is 9.10. The van der Waals surface area contributed by atoms with Gasteiger partial charge in [0.1, 0.15) is 0 Å². The van der Waals surface area contributed by atoms with Crippen LogP contribution in [0.5, 0.6) is 0 Å². The Balaban J connectivity index is 1.68. The molecule has 1 aromatic heterocycles. The average Bonchev–Trinajstić information content (AvgIpc) is 2.42. The molecule has 1 aromatic rings. The molecule has 0 aliphatic carbocycles. The third kappa shape index (κ3) is 2.41. The Hall–Kier alpha value is -0.610. The first-order chi connectivity index (χ1) is 8.79. The Kier molecular flexibility index (Phi) is 3.57. The maximum atomic E-state index is 4.14. The van der Waals surface area contributed by atoms with Gasteiger partial charge in [-0.15, -0.1) is 0 Å². The lowest BCUT2D eigenvalue weighted by molar-refractivity contribution is 0.155.